The standard InChI is InChI=1S/C15H24NO4PS/c1-6-18-16(11(2)3)21(22)20-14-10-8-7-9-13(14)15(17)19-12(4)5/h7-12,21H,6H2,1-5H3. The van der Waals surface area contributed by atoms with Crippen molar-refractivity contribution in [3.63, 3.8) is 0 Å². The largest absolute Gasteiger partial charge is 0.459 e. The molecule has 0 aromatic heterocycles. The first-order valence-corrected chi connectivity index (χ1v) is 9.79. The molecule has 0 saturated carbocycles. The zero-order valence-corrected chi connectivity index (χ0v) is 15.5. The van der Waals surface area contributed by atoms with E-state index in [1.54, 1.807) is 42.9 Å². The second kappa shape index (κ2) is 9.26. The number of esters is 1. The normalized spacial score (nSPS) is 12.7. The van der Waals surface area contributed by atoms with E-state index in [9.17, 15) is 4.79 Å². The second-order valence-corrected chi connectivity index (χ2v) is 7.38. The Morgan fingerprint density at radius 1 is 1.27 bits per heavy atom. The Morgan fingerprint density at radius 2 is 1.91 bits per heavy atom. The summed E-state index contributed by atoms with van der Waals surface area (Å²) in [5, 5.41) is 0. The Bertz CT molecular complexity index is 522. The van der Waals surface area contributed by atoms with Gasteiger partial charge in [0.15, 0.2) is 7.07 Å². The van der Waals surface area contributed by atoms with Crippen LogP contribution < -0.4 is 4.52 Å². The summed E-state index contributed by atoms with van der Waals surface area (Å²) in [5.41, 5.74) is 0.378. The van der Waals surface area contributed by atoms with Crippen LogP contribution in [0.5, 0.6) is 5.75 Å². The fourth-order valence-electron chi connectivity index (χ4n) is 1.69. The maximum atomic E-state index is 12.1. The molecule has 0 N–H and O–H groups in total. The number of hydrogen-bond donors (Lipinski definition) is 0. The molecule has 0 heterocycles. The lowest BCUT2D eigenvalue weighted by Gasteiger charge is -2.26. The molecule has 7 heteroatoms. The number of carbonyl (C=O) groups is 1. The molecule has 1 unspecified atom stereocenters. The first-order valence-electron chi connectivity index (χ1n) is 7.30. The molecular formula is C15H24NO4PS. The first kappa shape index (κ1) is 19.1. The molecule has 0 aliphatic heterocycles. The van der Waals surface area contributed by atoms with E-state index >= 15 is 0 Å². The molecule has 1 rings (SSSR count). The summed E-state index contributed by atoms with van der Waals surface area (Å²) in [6.45, 7) is 9.99. The van der Waals surface area contributed by atoms with Crippen molar-refractivity contribution >= 4 is 24.9 Å². The van der Waals surface area contributed by atoms with E-state index in [1.165, 1.54) is 0 Å². The van der Waals surface area contributed by atoms with E-state index in [-0.39, 0.29) is 12.1 Å². The SMILES string of the molecule is CCON(C(C)C)[PH](=S)Oc1ccccc1C(=O)OC(C)C. The van der Waals surface area contributed by atoms with Gasteiger partial charge in [0.25, 0.3) is 0 Å². The van der Waals surface area contributed by atoms with Crippen molar-refractivity contribution in [1.82, 2.24) is 4.83 Å². The highest BCUT2D eigenvalue weighted by molar-refractivity contribution is 8.01. The van der Waals surface area contributed by atoms with Crippen LogP contribution in [-0.2, 0) is 21.4 Å². The molecule has 0 amide bonds. The van der Waals surface area contributed by atoms with E-state index in [0.29, 0.717) is 17.9 Å². The maximum Gasteiger partial charge on any atom is 0.342 e. The molecule has 5 nitrogen and oxygen atoms in total. The Balaban J connectivity index is 2.93. The highest BCUT2D eigenvalue weighted by Gasteiger charge is 2.19. The number of carbonyl (C=O) groups excluding carboxylic acids is 1. The van der Waals surface area contributed by atoms with Gasteiger partial charge in [-0.25, -0.2) is 4.79 Å². The summed E-state index contributed by atoms with van der Waals surface area (Å²) in [7, 11) is -1.84. The smallest absolute Gasteiger partial charge is 0.342 e. The molecule has 1 aromatic carbocycles. The van der Waals surface area contributed by atoms with Gasteiger partial charge in [-0.2, -0.15) is 0 Å². The van der Waals surface area contributed by atoms with Crippen molar-refractivity contribution in [2.24, 2.45) is 0 Å². The monoisotopic (exact) mass is 345 g/mol. The molecule has 124 valence electrons. The molecule has 1 atom stereocenters. The minimum Gasteiger partial charge on any atom is -0.459 e. The zero-order chi connectivity index (χ0) is 16.7. The summed E-state index contributed by atoms with van der Waals surface area (Å²) in [6, 6.07) is 7.05. The van der Waals surface area contributed by atoms with E-state index in [0.717, 1.165) is 0 Å². The molecule has 0 aliphatic rings. The third-order valence-electron chi connectivity index (χ3n) is 2.56. The number of nitrogens with zero attached hydrogens (tertiary/aromatic N) is 1. The van der Waals surface area contributed by atoms with Gasteiger partial charge >= 0.3 is 5.97 Å². The van der Waals surface area contributed by atoms with Crippen LogP contribution >= 0.6 is 7.07 Å². The van der Waals surface area contributed by atoms with Gasteiger partial charge < -0.3 is 9.26 Å². The molecule has 22 heavy (non-hydrogen) atoms. The van der Waals surface area contributed by atoms with Crippen molar-refractivity contribution in [1.29, 1.82) is 0 Å². The predicted octanol–water partition coefficient (Wildman–Crippen LogP) is 3.80. The lowest BCUT2D eigenvalue weighted by molar-refractivity contribution is -0.0980. The summed E-state index contributed by atoms with van der Waals surface area (Å²) >= 11 is 5.44. The number of rotatable bonds is 8. The molecule has 0 radical (unpaired) electrons. The minimum atomic E-state index is -1.84. The van der Waals surface area contributed by atoms with Crippen molar-refractivity contribution in [2.75, 3.05) is 6.61 Å². The molecular weight excluding hydrogens is 321 g/mol. The van der Waals surface area contributed by atoms with E-state index in [2.05, 4.69) is 0 Å². The van der Waals surface area contributed by atoms with Crippen molar-refractivity contribution in [3.05, 3.63) is 29.8 Å². The lowest BCUT2D eigenvalue weighted by atomic mass is 10.2. The van der Waals surface area contributed by atoms with Crippen LogP contribution in [0.3, 0.4) is 0 Å². The molecule has 1 aromatic rings. The average molecular weight is 345 g/mol. The quantitative estimate of drug-likeness (QED) is 0.406. The molecule has 0 spiro atoms. The van der Waals surface area contributed by atoms with Gasteiger partial charge in [-0.1, -0.05) is 12.1 Å². The second-order valence-electron chi connectivity index (χ2n) is 5.16. The Hall–Kier alpha value is -0.940. The fourth-order valence-corrected chi connectivity index (χ4v) is 3.86. The highest BCUT2D eigenvalue weighted by atomic mass is 32.4. The van der Waals surface area contributed by atoms with Crippen LogP contribution in [0.2, 0.25) is 0 Å². The number of benzene rings is 1. The zero-order valence-electron chi connectivity index (χ0n) is 13.7. The maximum absolute atomic E-state index is 12.1. The summed E-state index contributed by atoms with van der Waals surface area (Å²) in [5.74, 6) is 0.0188. The van der Waals surface area contributed by atoms with Gasteiger partial charge in [0.2, 0.25) is 0 Å². The summed E-state index contributed by atoms with van der Waals surface area (Å²) in [4.78, 5) is 19.3. The van der Waals surface area contributed by atoms with Gasteiger partial charge in [0.1, 0.15) is 11.3 Å². The number of para-hydroxylation sites is 1. The van der Waals surface area contributed by atoms with Crippen LogP contribution in [0.15, 0.2) is 24.3 Å². The lowest BCUT2D eigenvalue weighted by Crippen LogP contribution is -2.25. The van der Waals surface area contributed by atoms with E-state index in [1.807, 2.05) is 20.8 Å². The number of hydrogen-bond acceptors (Lipinski definition) is 5. The third kappa shape index (κ3) is 5.69. The van der Waals surface area contributed by atoms with Crippen molar-refractivity contribution in [3.8, 4) is 5.75 Å². The van der Waals surface area contributed by atoms with Crippen molar-refractivity contribution in [2.45, 2.75) is 46.8 Å². The predicted molar refractivity (Wildman–Crippen MR) is 91.9 cm³/mol. The van der Waals surface area contributed by atoms with Crippen molar-refractivity contribution < 1.29 is 18.9 Å². The Kier molecular flexibility index (Phi) is 8.04. The molecule has 0 bridgehead atoms. The van der Waals surface area contributed by atoms with Gasteiger partial charge in [0, 0.05) is 6.04 Å². The topological polar surface area (TPSA) is 48.0 Å². The Labute approximate surface area is 138 Å². The average Bonchev–Trinajstić information content (AvgIpc) is 2.44. The number of ether oxygens (including phenoxy) is 1. The first-order chi connectivity index (χ1) is 10.4. The molecule has 0 fully saturated rings. The molecule has 0 saturated heterocycles. The summed E-state index contributed by atoms with van der Waals surface area (Å²) < 4.78 is 11.1. The van der Waals surface area contributed by atoms with Crippen LogP contribution in [0.4, 0.5) is 0 Å². The van der Waals surface area contributed by atoms with Crippen LogP contribution in [0, 0.1) is 0 Å². The van der Waals surface area contributed by atoms with E-state index in [4.69, 9.17) is 25.9 Å². The van der Waals surface area contributed by atoms with Gasteiger partial charge in [-0.05, 0) is 58.6 Å². The highest BCUT2D eigenvalue weighted by Crippen LogP contribution is 2.35. The van der Waals surface area contributed by atoms with Crippen LogP contribution in [-0.4, -0.2) is 29.6 Å². The van der Waals surface area contributed by atoms with Gasteiger partial charge in [0.05, 0.1) is 12.7 Å². The molecule has 0 aliphatic carbocycles. The minimum absolute atomic E-state index is 0.0983. The van der Waals surface area contributed by atoms with E-state index < -0.39 is 13.0 Å². The van der Waals surface area contributed by atoms with Crippen LogP contribution in [0.1, 0.15) is 45.0 Å². The van der Waals surface area contributed by atoms with Gasteiger partial charge in [-0.15, -0.1) is 4.83 Å². The number of hydroxylamine groups is 1. The Morgan fingerprint density at radius 3 is 2.45 bits per heavy atom. The van der Waals surface area contributed by atoms with Gasteiger partial charge in [-0.3, -0.25) is 4.84 Å². The van der Waals surface area contributed by atoms with Crippen LogP contribution in [0.25, 0.3) is 0 Å². The summed E-state index contributed by atoms with van der Waals surface area (Å²) in [6.07, 6.45) is -0.190. The fraction of sp³-hybridized carbons (Fsp3) is 0.533. The third-order valence-corrected chi connectivity index (χ3v) is 4.75.